The summed E-state index contributed by atoms with van der Waals surface area (Å²) in [5.41, 5.74) is 1.38. The van der Waals surface area contributed by atoms with Crippen molar-refractivity contribution in [2.75, 3.05) is 0 Å². The van der Waals surface area contributed by atoms with Crippen LogP contribution in [0.15, 0.2) is 28.7 Å². The minimum Gasteiger partial charge on any atom is -0.481 e. The predicted molar refractivity (Wildman–Crippen MR) is 84.3 cm³/mol. The van der Waals surface area contributed by atoms with Crippen molar-refractivity contribution in [3.63, 3.8) is 0 Å². The number of nitrogens with zero attached hydrogens (tertiary/aromatic N) is 2. The van der Waals surface area contributed by atoms with E-state index in [0.29, 0.717) is 11.2 Å². The van der Waals surface area contributed by atoms with Crippen LogP contribution in [0.1, 0.15) is 18.5 Å². The van der Waals surface area contributed by atoms with E-state index >= 15 is 0 Å². The minimum absolute atomic E-state index is 0.128. The van der Waals surface area contributed by atoms with E-state index in [9.17, 15) is 19.5 Å². The van der Waals surface area contributed by atoms with Crippen LogP contribution in [-0.2, 0) is 16.1 Å². The van der Waals surface area contributed by atoms with Crippen LogP contribution < -0.4 is 0 Å². The third-order valence-electron chi connectivity index (χ3n) is 3.95. The summed E-state index contributed by atoms with van der Waals surface area (Å²) < 4.78 is 2.24. The van der Waals surface area contributed by atoms with Crippen molar-refractivity contribution in [3.8, 4) is 0 Å². The van der Waals surface area contributed by atoms with Gasteiger partial charge < -0.3 is 15.1 Å². The number of amides is 1. The fourth-order valence-corrected chi connectivity index (χ4v) is 3.52. The molecule has 0 saturated heterocycles. The normalized spacial score (nSPS) is 15.0. The highest BCUT2D eigenvalue weighted by Gasteiger charge is 2.39. The summed E-state index contributed by atoms with van der Waals surface area (Å²) in [6.07, 6.45) is -0.436. The van der Waals surface area contributed by atoms with Gasteiger partial charge in [0.2, 0.25) is 0 Å². The van der Waals surface area contributed by atoms with Crippen LogP contribution in [0.25, 0.3) is 10.9 Å². The first-order valence-electron chi connectivity index (χ1n) is 6.95. The molecule has 1 unspecified atom stereocenters. The number of fused-ring (bicyclic) bond motifs is 3. The Morgan fingerprint density at radius 3 is 2.61 bits per heavy atom. The SMILES string of the molecule is O=C(O)CCC(C(=O)O)N1Cc2c(Br)c3ccccc3n2C1=O. The van der Waals surface area contributed by atoms with Crippen molar-refractivity contribution >= 4 is 44.8 Å². The lowest BCUT2D eigenvalue weighted by molar-refractivity contribution is -0.143. The second-order valence-electron chi connectivity index (χ2n) is 5.31. The number of rotatable bonds is 5. The third kappa shape index (κ3) is 2.48. The number of benzene rings is 1. The molecule has 0 fully saturated rings. The van der Waals surface area contributed by atoms with Gasteiger partial charge in [-0.15, -0.1) is 0 Å². The zero-order valence-electron chi connectivity index (χ0n) is 11.9. The number of hydrogen-bond donors (Lipinski definition) is 2. The number of halogens is 1. The Hall–Kier alpha value is -2.35. The zero-order chi connectivity index (χ0) is 16.7. The van der Waals surface area contributed by atoms with E-state index in [0.717, 1.165) is 9.86 Å². The summed E-state index contributed by atoms with van der Waals surface area (Å²) >= 11 is 3.46. The summed E-state index contributed by atoms with van der Waals surface area (Å²) in [5, 5.41) is 19.0. The monoisotopic (exact) mass is 380 g/mol. The zero-order valence-corrected chi connectivity index (χ0v) is 13.5. The van der Waals surface area contributed by atoms with Gasteiger partial charge >= 0.3 is 18.0 Å². The largest absolute Gasteiger partial charge is 0.481 e. The minimum atomic E-state index is -1.20. The Morgan fingerprint density at radius 2 is 1.96 bits per heavy atom. The van der Waals surface area contributed by atoms with E-state index in [1.54, 1.807) is 12.1 Å². The van der Waals surface area contributed by atoms with Crippen molar-refractivity contribution in [1.82, 2.24) is 9.47 Å². The van der Waals surface area contributed by atoms with Crippen LogP contribution in [-0.4, -0.2) is 43.7 Å². The molecular formula is C15H13BrN2O5. The number of aromatic nitrogens is 1. The number of carbonyl (C=O) groups excluding carboxylic acids is 1. The molecule has 2 heterocycles. The molecule has 8 heteroatoms. The lowest BCUT2D eigenvalue weighted by atomic mass is 10.1. The summed E-state index contributed by atoms with van der Waals surface area (Å²) in [7, 11) is 0. The van der Waals surface area contributed by atoms with Crippen LogP contribution >= 0.6 is 15.9 Å². The molecular weight excluding hydrogens is 368 g/mol. The third-order valence-corrected chi connectivity index (χ3v) is 4.84. The maximum Gasteiger partial charge on any atom is 0.330 e. The van der Waals surface area contributed by atoms with E-state index in [1.807, 2.05) is 12.1 Å². The van der Waals surface area contributed by atoms with Gasteiger partial charge in [-0.3, -0.25) is 9.36 Å². The quantitative estimate of drug-likeness (QED) is 0.829. The van der Waals surface area contributed by atoms with Crippen molar-refractivity contribution in [3.05, 3.63) is 34.4 Å². The molecule has 1 aliphatic heterocycles. The first kappa shape index (κ1) is 15.5. The number of carboxylic acids is 2. The van der Waals surface area contributed by atoms with E-state index in [4.69, 9.17) is 5.11 Å². The van der Waals surface area contributed by atoms with Gasteiger partial charge in [0.15, 0.2) is 0 Å². The molecule has 23 heavy (non-hydrogen) atoms. The lowest BCUT2D eigenvalue weighted by Crippen LogP contribution is -2.42. The summed E-state index contributed by atoms with van der Waals surface area (Å²) in [6, 6.07) is 5.72. The van der Waals surface area contributed by atoms with E-state index in [2.05, 4.69) is 15.9 Å². The second kappa shape index (κ2) is 5.69. The van der Waals surface area contributed by atoms with Gasteiger partial charge in [0, 0.05) is 16.3 Å². The van der Waals surface area contributed by atoms with E-state index in [1.165, 1.54) is 9.47 Å². The van der Waals surface area contributed by atoms with Crippen LogP contribution in [0.3, 0.4) is 0 Å². The number of para-hydroxylation sites is 1. The van der Waals surface area contributed by atoms with Gasteiger partial charge in [0.25, 0.3) is 0 Å². The van der Waals surface area contributed by atoms with Crippen molar-refractivity contribution < 1.29 is 24.6 Å². The summed E-state index contributed by atoms with van der Waals surface area (Å²) in [4.78, 5) is 36.0. The highest BCUT2D eigenvalue weighted by atomic mass is 79.9. The number of hydrogen-bond acceptors (Lipinski definition) is 3. The molecule has 1 aromatic carbocycles. The first-order chi connectivity index (χ1) is 10.9. The topological polar surface area (TPSA) is 99.8 Å². The maximum absolute atomic E-state index is 12.7. The Bertz CT molecular complexity index is 829. The molecule has 2 N–H and O–H groups in total. The Kier molecular flexibility index (Phi) is 3.85. The molecule has 2 aromatic rings. The Balaban J connectivity index is 1.98. The molecule has 0 bridgehead atoms. The fraction of sp³-hybridized carbons (Fsp3) is 0.267. The number of carbonyl (C=O) groups is 3. The predicted octanol–water partition coefficient (Wildman–Crippen LogP) is 2.51. The van der Waals surface area contributed by atoms with Crippen LogP contribution in [0.2, 0.25) is 0 Å². The van der Waals surface area contributed by atoms with Crippen molar-refractivity contribution in [1.29, 1.82) is 0 Å². The highest BCUT2D eigenvalue weighted by Crippen LogP contribution is 2.36. The lowest BCUT2D eigenvalue weighted by Gasteiger charge is -2.23. The molecule has 1 aromatic heterocycles. The van der Waals surface area contributed by atoms with Gasteiger partial charge in [0.1, 0.15) is 6.04 Å². The number of aliphatic carboxylic acids is 2. The highest BCUT2D eigenvalue weighted by molar-refractivity contribution is 9.10. The first-order valence-corrected chi connectivity index (χ1v) is 7.74. The van der Waals surface area contributed by atoms with Crippen LogP contribution in [0.5, 0.6) is 0 Å². The maximum atomic E-state index is 12.7. The standard InChI is InChI=1S/C15H13BrN2O5/c16-13-8-3-1-2-4-9(8)18-11(13)7-17(15(18)23)10(14(21)22)5-6-12(19)20/h1-4,10H,5-7H2,(H,19,20)(H,21,22). The molecule has 0 spiro atoms. The van der Waals surface area contributed by atoms with E-state index < -0.39 is 24.0 Å². The van der Waals surface area contributed by atoms with Gasteiger partial charge in [-0.1, -0.05) is 18.2 Å². The second-order valence-corrected chi connectivity index (χ2v) is 6.10. The van der Waals surface area contributed by atoms with Gasteiger partial charge in [-0.25, -0.2) is 9.59 Å². The molecule has 1 amide bonds. The molecule has 0 saturated carbocycles. The van der Waals surface area contributed by atoms with Crippen LogP contribution in [0.4, 0.5) is 4.79 Å². The molecule has 3 rings (SSSR count). The van der Waals surface area contributed by atoms with Gasteiger partial charge in [-0.05, 0) is 28.4 Å². The molecule has 1 aliphatic rings. The average Bonchev–Trinajstić information content (AvgIpc) is 2.97. The Morgan fingerprint density at radius 1 is 1.26 bits per heavy atom. The molecule has 0 aliphatic carbocycles. The smallest absolute Gasteiger partial charge is 0.330 e. The summed E-state index contributed by atoms with van der Waals surface area (Å²) in [6.45, 7) is 0.130. The molecule has 120 valence electrons. The van der Waals surface area contributed by atoms with Crippen molar-refractivity contribution in [2.24, 2.45) is 0 Å². The average molecular weight is 381 g/mol. The van der Waals surface area contributed by atoms with Gasteiger partial charge in [0.05, 0.1) is 17.8 Å². The molecule has 7 nitrogen and oxygen atoms in total. The van der Waals surface area contributed by atoms with Gasteiger partial charge in [-0.2, -0.15) is 0 Å². The van der Waals surface area contributed by atoms with Crippen LogP contribution in [0, 0.1) is 0 Å². The molecule has 0 radical (unpaired) electrons. The summed E-state index contributed by atoms with van der Waals surface area (Å²) in [5.74, 6) is -2.29. The van der Waals surface area contributed by atoms with E-state index in [-0.39, 0.29) is 19.4 Å². The van der Waals surface area contributed by atoms with Crippen molar-refractivity contribution in [2.45, 2.75) is 25.4 Å². The fourth-order valence-electron chi connectivity index (χ4n) is 2.89. The Labute approximate surface area is 139 Å². The molecule has 1 atom stereocenters. The number of carboxylic acid groups (broad SMARTS) is 2.